The van der Waals surface area contributed by atoms with Gasteiger partial charge in [0.05, 0.1) is 6.54 Å². The number of rotatable bonds is 4. The maximum Gasteiger partial charge on any atom is 0.333 e. The number of hydrogen-bond acceptors (Lipinski definition) is 4. The SMILES string of the molecule is C=C(C)C(=O)OCCNC(=O)N1CCCN(C)CC1. The van der Waals surface area contributed by atoms with Crippen LogP contribution in [0.15, 0.2) is 12.2 Å². The van der Waals surface area contributed by atoms with Crippen molar-refractivity contribution >= 4 is 12.0 Å². The van der Waals surface area contributed by atoms with Crippen LogP contribution >= 0.6 is 0 Å². The molecule has 2 amide bonds. The predicted molar refractivity (Wildman–Crippen MR) is 72.9 cm³/mol. The highest BCUT2D eigenvalue weighted by atomic mass is 16.5. The zero-order valence-electron chi connectivity index (χ0n) is 11.8. The zero-order valence-corrected chi connectivity index (χ0v) is 11.8. The summed E-state index contributed by atoms with van der Waals surface area (Å²) in [6.07, 6.45) is 0.981. The standard InChI is InChI=1S/C13H23N3O3/c1-11(2)12(17)19-10-5-14-13(18)16-7-4-6-15(3)8-9-16/h1,4-10H2,2-3H3,(H,14,18). The van der Waals surface area contributed by atoms with Crippen LogP contribution in [0.1, 0.15) is 13.3 Å². The summed E-state index contributed by atoms with van der Waals surface area (Å²) in [5, 5.41) is 2.75. The van der Waals surface area contributed by atoms with Crippen molar-refractivity contribution < 1.29 is 14.3 Å². The second-order valence-corrected chi connectivity index (χ2v) is 4.79. The van der Waals surface area contributed by atoms with E-state index in [4.69, 9.17) is 4.74 Å². The van der Waals surface area contributed by atoms with Crippen LogP contribution in [0.25, 0.3) is 0 Å². The van der Waals surface area contributed by atoms with Gasteiger partial charge in [0.2, 0.25) is 0 Å². The molecular weight excluding hydrogens is 246 g/mol. The van der Waals surface area contributed by atoms with Gasteiger partial charge in [0.1, 0.15) is 6.61 Å². The van der Waals surface area contributed by atoms with E-state index in [-0.39, 0.29) is 12.6 Å². The van der Waals surface area contributed by atoms with E-state index in [1.807, 2.05) is 0 Å². The van der Waals surface area contributed by atoms with Crippen LogP contribution in [0, 0.1) is 0 Å². The van der Waals surface area contributed by atoms with Crippen LogP contribution < -0.4 is 5.32 Å². The molecule has 19 heavy (non-hydrogen) atoms. The van der Waals surface area contributed by atoms with Crippen LogP contribution in [0.3, 0.4) is 0 Å². The Morgan fingerprint density at radius 2 is 2.00 bits per heavy atom. The summed E-state index contributed by atoms with van der Waals surface area (Å²) in [6.45, 7) is 8.97. The minimum atomic E-state index is -0.425. The number of likely N-dealkylation sites (N-methyl/N-ethyl adjacent to an activating group) is 1. The summed E-state index contributed by atoms with van der Waals surface area (Å²) < 4.78 is 4.90. The van der Waals surface area contributed by atoms with Gasteiger partial charge in [-0.15, -0.1) is 0 Å². The normalized spacial score (nSPS) is 16.6. The summed E-state index contributed by atoms with van der Waals surface area (Å²) >= 11 is 0. The molecule has 6 heteroatoms. The summed E-state index contributed by atoms with van der Waals surface area (Å²) in [6, 6.07) is -0.0957. The van der Waals surface area contributed by atoms with Crippen LogP contribution in [0.4, 0.5) is 4.79 Å². The lowest BCUT2D eigenvalue weighted by molar-refractivity contribution is -0.138. The van der Waals surface area contributed by atoms with E-state index in [0.717, 1.165) is 32.6 Å². The van der Waals surface area contributed by atoms with Crippen molar-refractivity contribution in [2.75, 3.05) is 46.4 Å². The van der Waals surface area contributed by atoms with Gasteiger partial charge in [0, 0.05) is 25.2 Å². The number of urea groups is 1. The van der Waals surface area contributed by atoms with E-state index in [0.29, 0.717) is 12.1 Å². The van der Waals surface area contributed by atoms with Gasteiger partial charge in [0.15, 0.2) is 0 Å². The van der Waals surface area contributed by atoms with E-state index in [9.17, 15) is 9.59 Å². The quantitative estimate of drug-likeness (QED) is 0.457. The molecule has 1 saturated heterocycles. The Kier molecular flexibility index (Phi) is 6.35. The molecule has 1 N–H and O–H groups in total. The number of nitrogens with zero attached hydrogens (tertiary/aromatic N) is 2. The van der Waals surface area contributed by atoms with E-state index in [1.165, 1.54) is 0 Å². The van der Waals surface area contributed by atoms with Gasteiger partial charge in [-0.2, -0.15) is 0 Å². The van der Waals surface area contributed by atoms with E-state index in [2.05, 4.69) is 23.8 Å². The lowest BCUT2D eigenvalue weighted by atomic mass is 10.4. The lowest BCUT2D eigenvalue weighted by Crippen LogP contribution is -2.43. The molecular formula is C13H23N3O3. The Balaban J connectivity index is 2.20. The first-order chi connectivity index (χ1) is 9.00. The summed E-state index contributed by atoms with van der Waals surface area (Å²) in [5.74, 6) is -0.425. The van der Waals surface area contributed by atoms with Gasteiger partial charge in [0.25, 0.3) is 0 Å². The molecule has 0 saturated carbocycles. The number of amides is 2. The van der Waals surface area contributed by atoms with E-state index >= 15 is 0 Å². The first kappa shape index (κ1) is 15.5. The number of esters is 1. The summed E-state index contributed by atoms with van der Waals surface area (Å²) in [7, 11) is 2.05. The van der Waals surface area contributed by atoms with E-state index in [1.54, 1.807) is 11.8 Å². The van der Waals surface area contributed by atoms with Crippen molar-refractivity contribution in [2.24, 2.45) is 0 Å². The largest absolute Gasteiger partial charge is 0.460 e. The minimum absolute atomic E-state index is 0.0957. The molecule has 0 aromatic carbocycles. The van der Waals surface area contributed by atoms with Crippen molar-refractivity contribution in [1.29, 1.82) is 0 Å². The first-order valence-corrected chi connectivity index (χ1v) is 6.54. The van der Waals surface area contributed by atoms with Crippen molar-refractivity contribution in [3.63, 3.8) is 0 Å². The Morgan fingerprint density at radius 1 is 1.26 bits per heavy atom. The third-order valence-corrected chi connectivity index (χ3v) is 2.97. The van der Waals surface area contributed by atoms with Crippen LogP contribution in [-0.4, -0.2) is 68.2 Å². The second kappa shape index (κ2) is 7.78. The maximum atomic E-state index is 11.9. The molecule has 1 fully saturated rings. The predicted octanol–water partition coefficient (Wildman–Crippen LogP) is 0.453. The van der Waals surface area contributed by atoms with E-state index < -0.39 is 5.97 Å². The topological polar surface area (TPSA) is 61.9 Å². The molecule has 0 radical (unpaired) electrons. The second-order valence-electron chi connectivity index (χ2n) is 4.79. The van der Waals surface area contributed by atoms with Crippen molar-refractivity contribution in [3.8, 4) is 0 Å². The molecule has 0 aromatic heterocycles. The molecule has 0 aliphatic carbocycles. The van der Waals surface area contributed by atoms with Crippen LogP contribution in [0.2, 0.25) is 0 Å². The van der Waals surface area contributed by atoms with Gasteiger partial charge in [-0.3, -0.25) is 0 Å². The molecule has 0 atom stereocenters. The van der Waals surface area contributed by atoms with Gasteiger partial charge < -0.3 is 19.9 Å². The molecule has 1 aliphatic heterocycles. The smallest absolute Gasteiger partial charge is 0.333 e. The van der Waals surface area contributed by atoms with Crippen LogP contribution in [0.5, 0.6) is 0 Å². The Labute approximate surface area is 114 Å². The zero-order chi connectivity index (χ0) is 14.3. The third kappa shape index (κ3) is 5.74. The Morgan fingerprint density at radius 3 is 2.68 bits per heavy atom. The number of hydrogen-bond donors (Lipinski definition) is 1. The monoisotopic (exact) mass is 269 g/mol. The molecule has 0 bridgehead atoms. The van der Waals surface area contributed by atoms with Gasteiger partial charge >= 0.3 is 12.0 Å². The van der Waals surface area contributed by atoms with Gasteiger partial charge in [-0.1, -0.05) is 6.58 Å². The molecule has 0 spiro atoms. The Hall–Kier alpha value is -1.56. The average Bonchev–Trinajstić information content (AvgIpc) is 2.58. The molecule has 0 aromatic rings. The molecule has 108 valence electrons. The average molecular weight is 269 g/mol. The summed E-state index contributed by atoms with van der Waals surface area (Å²) in [5.41, 5.74) is 0.363. The number of nitrogens with one attached hydrogen (secondary N) is 1. The fourth-order valence-electron chi connectivity index (χ4n) is 1.79. The molecule has 6 nitrogen and oxygen atoms in total. The highest BCUT2D eigenvalue weighted by molar-refractivity contribution is 5.86. The van der Waals surface area contributed by atoms with Crippen molar-refractivity contribution in [2.45, 2.75) is 13.3 Å². The fraction of sp³-hybridized carbons (Fsp3) is 0.692. The van der Waals surface area contributed by atoms with Crippen molar-refractivity contribution in [3.05, 3.63) is 12.2 Å². The Bertz CT molecular complexity index is 344. The molecule has 1 rings (SSSR count). The highest BCUT2D eigenvalue weighted by Crippen LogP contribution is 2.01. The molecule has 1 heterocycles. The summed E-state index contributed by atoms with van der Waals surface area (Å²) in [4.78, 5) is 27.0. The minimum Gasteiger partial charge on any atom is -0.460 e. The van der Waals surface area contributed by atoms with Crippen LogP contribution in [-0.2, 0) is 9.53 Å². The number of ether oxygens (including phenoxy) is 1. The number of carbonyl (C=O) groups is 2. The maximum absolute atomic E-state index is 11.9. The first-order valence-electron chi connectivity index (χ1n) is 6.54. The van der Waals surface area contributed by atoms with Gasteiger partial charge in [-0.25, -0.2) is 9.59 Å². The molecule has 0 unspecified atom stereocenters. The number of carbonyl (C=O) groups excluding carboxylic acids is 2. The van der Waals surface area contributed by atoms with Crippen molar-refractivity contribution in [1.82, 2.24) is 15.1 Å². The third-order valence-electron chi connectivity index (χ3n) is 2.97. The lowest BCUT2D eigenvalue weighted by Gasteiger charge is -2.21. The van der Waals surface area contributed by atoms with Gasteiger partial charge in [-0.05, 0) is 26.9 Å². The fourth-order valence-corrected chi connectivity index (χ4v) is 1.79. The molecule has 1 aliphatic rings. The highest BCUT2D eigenvalue weighted by Gasteiger charge is 2.16.